The average Bonchev–Trinajstić information content (AvgIpc) is 2.95. The first-order chi connectivity index (χ1) is 13.1. The zero-order valence-corrected chi connectivity index (χ0v) is 16.1. The third kappa shape index (κ3) is 4.47. The van der Waals surface area contributed by atoms with Gasteiger partial charge in [-0.1, -0.05) is 12.1 Å². The molecule has 3 rings (SSSR count). The number of guanidine groups is 1. The van der Waals surface area contributed by atoms with Gasteiger partial charge in [-0.25, -0.2) is 0 Å². The van der Waals surface area contributed by atoms with Crippen LogP contribution >= 0.6 is 0 Å². The summed E-state index contributed by atoms with van der Waals surface area (Å²) in [5.74, 6) is 1.04. The van der Waals surface area contributed by atoms with Crippen LogP contribution in [0.3, 0.4) is 0 Å². The van der Waals surface area contributed by atoms with Crippen molar-refractivity contribution < 1.29 is 14.3 Å². The van der Waals surface area contributed by atoms with Gasteiger partial charge in [0, 0.05) is 46.9 Å². The molecule has 2 aliphatic rings. The van der Waals surface area contributed by atoms with Gasteiger partial charge in [0.1, 0.15) is 0 Å². The minimum Gasteiger partial charge on any atom is -0.381 e. The van der Waals surface area contributed by atoms with E-state index in [0.29, 0.717) is 30.1 Å². The molecule has 0 aliphatic carbocycles. The standard InChI is InChI=1S/C20H28N4O3/c1-21-20(23(2)11-7-15-8-13-27-14-9-15)22-10-12-24-18(25)16-5-3-4-6-17(16)19(24)26/h3-6,15H,7-14H2,1-2H3,(H,21,22). The van der Waals surface area contributed by atoms with E-state index in [9.17, 15) is 9.59 Å². The number of imide groups is 1. The largest absolute Gasteiger partial charge is 0.381 e. The van der Waals surface area contributed by atoms with Crippen molar-refractivity contribution in [2.45, 2.75) is 19.3 Å². The highest BCUT2D eigenvalue weighted by Gasteiger charge is 2.34. The maximum Gasteiger partial charge on any atom is 0.261 e. The molecule has 1 fully saturated rings. The average molecular weight is 372 g/mol. The number of hydrogen-bond acceptors (Lipinski definition) is 4. The molecule has 0 bridgehead atoms. The number of nitrogens with one attached hydrogen (secondary N) is 1. The van der Waals surface area contributed by atoms with Crippen molar-refractivity contribution in [2.24, 2.45) is 10.9 Å². The van der Waals surface area contributed by atoms with Crippen LogP contribution in [0.4, 0.5) is 0 Å². The lowest BCUT2D eigenvalue weighted by molar-refractivity contribution is 0.0623. The molecular formula is C20H28N4O3. The van der Waals surface area contributed by atoms with E-state index in [0.717, 1.165) is 45.0 Å². The van der Waals surface area contributed by atoms with Crippen LogP contribution in [0, 0.1) is 5.92 Å². The molecule has 2 heterocycles. The quantitative estimate of drug-likeness (QED) is 0.466. The summed E-state index contributed by atoms with van der Waals surface area (Å²) in [6, 6.07) is 6.96. The van der Waals surface area contributed by atoms with Crippen molar-refractivity contribution in [1.82, 2.24) is 15.1 Å². The van der Waals surface area contributed by atoms with Crippen LogP contribution in [0.5, 0.6) is 0 Å². The number of fused-ring (bicyclic) bond motifs is 1. The van der Waals surface area contributed by atoms with Gasteiger partial charge in [0.15, 0.2) is 5.96 Å². The van der Waals surface area contributed by atoms with Gasteiger partial charge in [0.2, 0.25) is 0 Å². The Morgan fingerprint density at radius 3 is 2.44 bits per heavy atom. The van der Waals surface area contributed by atoms with Crippen LogP contribution in [0.25, 0.3) is 0 Å². The Bertz CT molecular complexity index is 678. The third-order valence-electron chi connectivity index (χ3n) is 5.28. The van der Waals surface area contributed by atoms with E-state index < -0.39 is 0 Å². The van der Waals surface area contributed by atoms with Crippen LogP contribution in [-0.2, 0) is 4.74 Å². The Balaban J connectivity index is 1.46. The first-order valence-corrected chi connectivity index (χ1v) is 9.56. The van der Waals surface area contributed by atoms with Gasteiger partial charge in [-0.2, -0.15) is 0 Å². The number of carbonyl (C=O) groups is 2. The summed E-state index contributed by atoms with van der Waals surface area (Å²) >= 11 is 0. The zero-order valence-electron chi connectivity index (χ0n) is 16.1. The Labute approximate surface area is 160 Å². The topological polar surface area (TPSA) is 74.2 Å². The van der Waals surface area contributed by atoms with Gasteiger partial charge < -0.3 is 15.0 Å². The molecule has 1 N–H and O–H groups in total. The third-order valence-corrected chi connectivity index (χ3v) is 5.28. The number of carbonyl (C=O) groups excluding carboxylic acids is 2. The lowest BCUT2D eigenvalue weighted by Gasteiger charge is -2.27. The zero-order chi connectivity index (χ0) is 19.2. The summed E-state index contributed by atoms with van der Waals surface area (Å²) in [5, 5.41) is 3.26. The second-order valence-corrected chi connectivity index (χ2v) is 7.05. The summed E-state index contributed by atoms with van der Waals surface area (Å²) in [6.07, 6.45) is 3.36. The van der Waals surface area contributed by atoms with Crippen molar-refractivity contribution in [2.75, 3.05) is 46.9 Å². The maximum atomic E-state index is 12.4. The summed E-state index contributed by atoms with van der Waals surface area (Å²) in [7, 11) is 3.76. The Morgan fingerprint density at radius 1 is 1.22 bits per heavy atom. The smallest absolute Gasteiger partial charge is 0.261 e. The predicted molar refractivity (Wildman–Crippen MR) is 104 cm³/mol. The monoisotopic (exact) mass is 372 g/mol. The van der Waals surface area contributed by atoms with Crippen molar-refractivity contribution in [1.29, 1.82) is 0 Å². The first-order valence-electron chi connectivity index (χ1n) is 9.56. The van der Waals surface area contributed by atoms with E-state index in [4.69, 9.17) is 4.74 Å². The Kier molecular flexibility index (Phi) is 6.45. The Hall–Kier alpha value is -2.41. The van der Waals surface area contributed by atoms with E-state index >= 15 is 0 Å². The molecule has 0 unspecified atom stereocenters. The number of amides is 2. The van der Waals surface area contributed by atoms with Crippen molar-refractivity contribution in [3.05, 3.63) is 35.4 Å². The van der Waals surface area contributed by atoms with E-state index in [2.05, 4.69) is 15.2 Å². The van der Waals surface area contributed by atoms with E-state index in [-0.39, 0.29) is 11.8 Å². The molecule has 1 aromatic rings. The van der Waals surface area contributed by atoms with Gasteiger partial charge in [-0.3, -0.25) is 19.5 Å². The second-order valence-electron chi connectivity index (χ2n) is 7.05. The number of hydrogen-bond donors (Lipinski definition) is 1. The van der Waals surface area contributed by atoms with Crippen LogP contribution in [0.2, 0.25) is 0 Å². The molecule has 7 heteroatoms. The highest BCUT2D eigenvalue weighted by molar-refractivity contribution is 6.21. The molecule has 27 heavy (non-hydrogen) atoms. The van der Waals surface area contributed by atoms with Gasteiger partial charge in [0.25, 0.3) is 11.8 Å². The normalized spacial score (nSPS) is 18.0. The summed E-state index contributed by atoms with van der Waals surface area (Å²) in [4.78, 5) is 32.5. The van der Waals surface area contributed by atoms with Gasteiger partial charge >= 0.3 is 0 Å². The van der Waals surface area contributed by atoms with E-state index in [1.54, 1.807) is 31.3 Å². The molecule has 2 amide bonds. The SMILES string of the molecule is CN=C(NCCN1C(=O)c2ccccc2C1=O)N(C)CCC1CCOCC1. The molecule has 0 aromatic heterocycles. The number of nitrogens with zero attached hydrogens (tertiary/aromatic N) is 3. The molecule has 1 saturated heterocycles. The van der Waals surface area contributed by atoms with Gasteiger partial charge in [-0.15, -0.1) is 0 Å². The number of benzene rings is 1. The molecule has 2 aliphatic heterocycles. The van der Waals surface area contributed by atoms with Gasteiger partial charge in [-0.05, 0) is 37.3 Å². The predicted octanol–water partition coefficient (Wildman–Crippen LogP) is 1.61. The van der Waals surface area contributed by atoms with E-state index in [1.807, 2.05) is 7.05 Å². The summed E-state index contributed by atoms with van der Waals surface area (Å²) in [6.45, 7) is 3.43. The molecule has 1 aromatic carbocycles. The molecule has 7 nitrogen and oxygen atoms in total. The minimum atomic E-state index is -0.222. The van der Waals surface area contributed by atoms with Crippen LogP contribution in [-0.4, -0.2) is 74.5 Å². The van der Waals surface area contributed by atoms with Gasteiger partial charge in [0.05, 0.1) is 11.1 Å². The lowest BCUT2D eigenvalue weighted by atomic mass is 9.96. The second kappa shape index (κ2) is 8.99. The highest BCUT2D eigenvalue weighted by Crippen LogP contribution is 2.22. The number of aliphatic imine (C=N–C) groups is 1. The fraction of sp³-hybridized carbons (Fsp3) is 0.550. The molecule has 0 atom stereocenters. The highest BCUT2D eigenvalue weighted by atomic mass is 16.5. The van der Waals surface area contributed by atoms with Crippen molar-refractivity contribution in [3.63, 3.8) is 0 Å². The lowest BCUT2D eigenvalue weighted by Crippen LogP contribution is -2.44. The molecule has 0 spiro atoms. The van der Waals surface area contributed by atoms with Crippen molar-refractivity contribution >= 4 is 17.8 Å². The fourth-order valence-corrected chi connectivity index (χ4v) is 3.62. The molecule has 0 saturated carbocycles. The van der Waals surface area contributed by atoms with Crippen LogP contribution in [0.1, 0.15) is 40.0 Å². The van der Waals surface area contributed by atoms with E-state index in [1.165, 1.54) is 4.90 Å². The first kappa shape index (κ1) is 19.4. The molecular weight excluding hydrogens is 344 g/mol. The van der Waals surface area contributed by atoms with Crippen LogP contribution < -0.4 is 5.32 Å². The maximum absolute atomic E-state index is 12.4. The number of ether oxygens (including phenoxy) is 1. The molecule has 0 radical (unpaired) electrons. The fourth-order valence-electron chi connectivity index (χ4n) is 3.62. The molecule has 146 valence electrons. The minimum absolute atomic E-state index is 0.222. The van der Waals surface area contributed by atoms with Crippen LogP contribution in [0.15, 0.2) is 29.3 Å². The summed E-state index contributed by atoms with van der Waals surface area (Å²) in [5.41, 5.74) is 0.973. The summed E-state index contributed by atoms with van der Waals surface area (Å²) < 4.78 is 5.41. The van der Waals surface area contributed by atoms with Crippen molar-refractivity contribution in [3.8, 4) is 0 Å². The number of rotatable bonds is 6. The Morgan fingerprint density at radius 2 is 1.85 bits per heavy atom.